The van der Waals surface area contributed by atoms with Gasteiger partial charge in [-0.1, -0.05) is 36.8 Å². The molecule has 132 valence electrons. The van der Waals surface area contributed by atoms with Crippen molar-refractivity contribution in [3.05, 3.63) is 59.7 Å². The molecule has 0 bridgehead atoms. The highest BCUT2D eigenvalue weighted by atomic mass is 16.1. The van der Waals surface area contributed by atoms with Crippen LogP contribution in [0.4, 0.5) is 11.4 Å². The molecule has 4 nitrogen and oxygen atoms in total. The number of aryl methyl sites for hydroxylation is 1. The van der Waals surface area contributed by atoms with E-state index >= 15 is 0 Å². The van der Waals surface area contributed by atoms with Gasteiger partial charge in [0.1, 0.15) is 0 Å². The smallest absolute Gasteiger partial charge is 0.228 e. The van der Waals surface area contributed by atoms with Crippen molar-refractivity contribution < 1.29 is 4.79 Å². The topological polar surface area (TPSA) is 35.6 Å². The van der Waals surface area contributed by atoms with E-state index in [0.29, 0.717) is 6.42 Å². The third-order valence-electron chi connectivity index (χ3n) is 4.78. The summed E-state index contributed by atoms with van der Waals surface area (Å²) in [5, 5.41) is 2.99. The Hall–Kier alpha value is -2.33. The lowest BCUT2D eigenvalue weighted by atomic mass is 10.1. The Morgan fingerprint density at radius 3 is 2.40 bits per heavy atom. The predicted molar refractivity (Wildman–Crippen MR) is 104 cm³/mol. The first-order valence-electron chi connectivity index (χ1n) is 9.07. The molecule has 0 aromatic heterocycles. The fourth-order valence-corrected chi connectivity index (χ4v) is 3.29. The molecular formula is C21H27N3O. The van der Waals surface area contributed by atoms with Gasteiger partial charge in [0, 0.05) is 37.6 Å². The largest absolute Gasteiger partial charge is 0.369 e. The maximum atomic E-state index is 12.2. The van der Waals surface area contributed by atoms with Crippen LogP contribution < -0.4 is 10.2 Å². The van der Waals surface area contributed by atoms with Crippen LogP contribution in [-0.2, 0) is 11.2 Å². The monoisotopic (exact) mass is 337 g/mol. The number of hydrogen-bond acceptors (Lipinski definition) is 3. The molecule has 0 saturated carbocycles. The normalized spacial score (nSPS) is 15.2. The molecule has 1 saturated heterocycles. The number of rotatable bonds is 5. The standard InChI is InChI=1S/C21H27N3O/c1-3-23-11-13-24(14-12-23)20-9-7-19(8-10-20)22-21(25)16-18-6-4-5-17(2)15-18/h4-10,15H,3,11-14,16H2,1-2H3,(H,22,25). The average Bonchev–Trinajstić information content (AvgIpc) is 2.62. The van der Waals surface area contributed by atoms with Crippen LogP contribution in [0.15, 0.2) is 48.5 Å². The van der Waals surface area contributed by atoms with Gasteiger partial charge < -0.3 is 15.1 Å². The molecule has 1 fully saturated rings. The lowest BCUT2D eigenvalue weighted by molar-refractivity contribution is -0.115. The zero-order chi connectivity index (χ0) is 17.6. The molecule has 3 rings (SSSR count). The highest BCUT2D eigenvalue weighted by Gasteiger charge is 2.15. The summed E-state index contributed by atoms with van der Waals surface area (Å²) in [5.41, 5.74) is 4.31. The Labute approximate surface area is 150 Å². The molecule has 0 unspecified atom stereocenters. The summed E-state index contributed by atoms with van der Waals surface area (Å²) in [5.74, 6) is 0.0231. The molecular weight excluding hydrogens is 310 g/mol. The number of hydrogen-bond donors (Lipinski definition) is 1. The maximum Gasteiger partial charge on any atom is 0.228 e. The number of carbonyl (C=O) groups is 1. The lowest BCUT2D eigenvalue weighted by Gasteiger charge is -2.35. The minimum absolute atomic E-state index is 0.0231. The molecule has 25 heavy (non-hydrogen) atoms. The van der Waals surface area contributed by atoms with Crippen LogP contribution in [0, 0.1) is 6.92 Å². The van der Waals surface area contributed by atoms with Crippen LogP contribution in [-0.4, -0.2) is 43.5 Å². The summed E-state index contributed by atoms with van der Waals surface area (Å²) in [7, 11) is 0. The third kappa shape index (κ3) is 4.83. The first-order chi connectivity index (χ1) is 12.1. The zero-order valence-electron chi connectivity index (χ0n) is 15.2. The second kappa shape index (κ2) is 8.17. The number of likely N-dealkylation sites (N-methyl/N-ethyl adjacent to an activating group) is 1. The van der Waals surface area contributed by atoms with Crippen LogP contribution in [0.5, 0.6) is 0 Å². The Kier molecular flexibility index (Phi) is 5.71. The minimum atomic E-state index is 0.0231. The number of carbonyl (C=O) groups excluding carboxylic acids is 1. The summed E-state index contributed by atoms with van der Waals surface area (Å²) >= 11 is 0. The SMILES string of the molecule is CCN1CCN(c2ccc(NC(=O)Cc3cccc(C)c3)cc2)CC1. The summed E-state index contributed by atoms with van der Waals surface area (Å²) in [6, 6.07) is 16.3. The van der Waals surface area contributed by atoms with Gasteiger partial charge in [-0.05, 0) is 43.3 Å². The summed E-state index contributed by atoms with van der Waals surface area (Å²) < 4.78 is 0. The molecule has 1 amide bonds. The van der Waals surface area contributed by atoms with E-state index in [2.05, 4.69) is 40.2 Å². The van der Waals surface area contributed by atoms with Gasteiger partial charge >= 0.3 is 0 Å². The molecule has 4 heteroatoms. The van der Waals surface area contributed by atoms with E-state index in [1.165, 1.54) is 11.3 Å². The number of amides is 1. The van der Waals surface area contributed by atoms with E-state index in [1.54, 1.807) is 0 Å². The van der Waals surface area contributed by atoms with Gasteiger partial charge in [-0.2, -0.15) is 0 Å². The number of piperazine rings is 1. The number of anilines is 2. The van der Waals surface area contributed by atoms with Crippen molar-refractivity contribution in [1.29, 1.82) is 0 Å². The van der Waals surface area contributed by atoms with Gasteiger partial charge in [-0.25, -0.2) is 0 Å². The quantitative estimate of drug-likeness (QED) is 0.909. The number of nitrogens with zero attached hydrogens (tertiary/aromatic N) is 2. The third-order valence-corrected chi connectivity index (χ3v) is 4.78. The molecule has 2 aromatic rings. The van der Waals surface area contributed by atoms with Gasteiger partial charge in [0.15, 0.2) is 0 Å². The summed E-state index contributed by atoms with van der Waals surface area (Å²) in [6.45, 7) is 9.74. The Balaban J connectivity index is 1.54. The first kappa shape index (κ1) is 17.5. The highest BCUT2D eigenvalue weighted by molar-refractivity contribution is 5.92. The first-order valence-corrected chi connectivity index (χ1v) is 9.07. The predicted octanol–water partition coefficient (Wildman–Crippen LogP) is 3.32. The Bertz CT molecular complexity index is 703. The van der Waals surface area contributed by atoms with Crippen molar-refractivity contribution in [2.75, 3.05) is 42.9 Å². The van der Waals surface area contributed by atoms with E-state index in [0.717, 1.165) is 44.0 Å². The summed E-state index contributed by atoms with van der Waals surface area (Å²) in [6.07, 6.45) is 0.405. The second-order valence-electron chi connectivity index (χ2n) is 6.68. The van der Waals surface area contributed by atoms with Gasteiger partial charge in [0.25, 0.3) is 0 Å². The Morgan fingerprint density at radius 1 is 1.04 bits per heavy atom. The van der Waals surface area contributed by atoms with Crippen LogP contribution in [0.3, 0.4) is 0 Å². The van der Waals surface area contributed by atoms with Gasteiger partial charge in [0.2, 0.25) is 5.91 Å². The zero-order valence-corrected chi connectivity index (χ0v) is 15.2. The summed E-state index contributed by atoms with van der Waals surface area (Å²) in [4.78, 5) is 17.1. The van der Waals surface area contributed by atoms with Crippen molar-refractivity contribution in [3.63, 3.8) is 0 Å². The fourth-order valence-electron chi connectivity index (χ4n) is 3.29. The van der Waals surface area contributed by atoms with Crippen LogP contribution in [0.1, 0.15) is 18.1 Å². The van der Waals surface area contributed by atoms with Crippen molar-refractivity contribution in [2.24, 2.45) is 0 Å². The van der Waals surface area contributed by atoms with Crippen molar-refractivity contribution in [1.82, 2.24) is 4.90 Å². The van der Waals surface area contributed by atoms with Crippen molar-refractivity contribution in [3.8, 4) is 0 Å². The van der Waals surface area contributed by atoms with E-state index in [1.807, 2.05) is 37.3 Å². The molecule has 2 aromatic carbocycles. The molecule has 1 heterocycles. The van der Waals surface area contributed by atoms with Crippen LogP contribution in [0.2, 0.25) is 0 Å². The average molecular weight is 337 g/mol. The molecule has 1 aliphatic heterocycles. The molecule has 0 atom stereocenters. The van der Waals surface area contributed by atoms with Gasteiger partial charge in [-0.3, -0.25) is 4.79 Å². The molecule has 0 aliphatic carbocycles. The van der Waals surface area contributed by atoms with Crippen molar-refractivity contribution >= 4 is 17.3 Å². The van der Waals surface area contributed by atoms with E-state index in [4.69, 9.17) is 0 Å². The fraction of sp³-hybridized carbons (Fsp3) is 0.381. The highest BCUT2D eigenvalue weighted by Crippen LogP contribution is 2.19. The second-order valence-corrected chi connectivity index (χ2v) is 6.68. The molecule has 0 radical (unpaired) electrons. The lowest BCUT2D eigenvalue weighted by Crippen LogP contribution is -2.46. The minimum Gasteiger partial charge on any atom is -0.369 e. The molecule has 1 N–H and O–H groups in total. The molecule has 1 aliphatic rings. The maximum absolute atomic E-state index is 12.2. The van der Waals surface area contributed by atoms with Gasteiger partial charge in [-0.15, -0.1) is 0 Å². The van der Waals surface area contributed by atoms with E-state index < -0.39 is 0 Å². The van der Waals surface area contributed by atoms with Crippen LogP contribution in [0.25, 0.3) is 0 Å². The van der Waals surface area contributed by atoms with Crippen molar-refractivity contribution in [2.45, 2.75) is 20.3 Å². The van der Waals surface area contributed by atoms with Gasteiger partial charge in [0.05, 0.1) is 6.42 Å². The Morgan fingerprint density at radius 2 is 1.76 bits per heavy atom. The van der Waals surface area contributed by atoms with E-state index in [-0.39, 0.29) is 5.91 Å². The molecule has 0 spiro atoms. The number of nitrogens with one attached hydrogen (secondary N) is 1. The van der Waals surface area contributed by atoms with E-state index in [9.17, 15) is 4.79 Å². The number of benzene rings is 2. The van der Waals surface area contributed by atoms with Crippen LogP contribution >= 0.6 is 0 Å².